The number of rotatable bonds is 7. The van der Waals surface area contributed by atoms with Crippen molar-refractivity contribution in [3.63, 3.8) is 0 Å². The number of hydrogen-bond acceptors (Lipinski definition) is 6. The zero-order chi connectivity index (χ0) is 25.7. The maximum atomic E-state index is 12.7. The molecule has 0 aliphatic rings. The molecule has 0 saturated carbocycles. The summed E-state index contributed by atoms with van der Waals surface area (Å²) in [4.78, 5) is 25.4. The number of benzene rings is 4. The molecule has 4 rings (SSSR count). The van der Waals surface area contributed by atoms with E-state index in [1.165, 1.54) is 14.2 Å². The molecule has 0 aromatic heterocycles. The number of nitrogens with one attached hydrogen (secondary N) is 2. The summed E-state index contributed by atoms with van der Waals surface area (Å²) < 4.78 is 10.5. The smallest absolute Gasteiger partial charge is 0.275 e. The van der Waals surface area contributed by atoms with Gasteiger partial charge in [0.25, 0.3) is 11.8 Å². The molecular formula is C28H25N3O5. The Morgan fingerprint density at radius 2 is 1.58 bits per heavy atom. The first kappa shape index (κ1) is 24.3. The lowest BCUT2D eigenvalue weighted by Gasteiger charge is -2.11. The summed E-state index contributed by atoms with van der Waals surface area (Å²) in [6, 6.07) is 22.6. The Morgan fingerprint density at radius 1 is 0.806 bits per heavy atom. The van der Waals surface area contributed by atoms with Crippen molar-refractivity contribution in [2.45, 2.75) is 6.92 Å². The average Bonchev–Trinajstić information content (AvgIpc) is 2.91. The number of ether oxygens (including phenoxy) is 2. The van der Waals surface area contributed by atoms with Gasteiger partial charge in [-0.15, -0.1) is 0 Å². The van der Waals surface area contributed by atoms with Crippen molar-refractivity contribution in [1.82, 2.24) is 5.43 Å². The second-order valence-corrected chi connectivity index (χ2v) is 7.93. The molecule has 4 aromatic carbocycles. The Bertz CT molecular complexity index is 1480. The summed E-state index contributed by atoms with van der Waals surface area (Å²) in [5.74, 6) is 0.0358. The Morgan fingerprint density at radius 3 is 2.36 bits per heavy atom. The molecule has 0 spiro atoms. The molecule has 182 valence electrons. The fourth-order valence-electron chi connectivity index (χ4n) is 3.70. The van der Waals surface area contributed by atoms with Crippen molar-refractivity contribution in [3.05, 3.63) is 95.6 Å². The molecule has 0 unspecified atom stereocenters. The highest BCUT2D eigenvalue weighted by atomic mass is 16.5. The van der Waals surface area contributed by atoms with Crippen LogP contribution in [0.25, 0.3) is 10.8 Å². The number of carbonyl (C=O) groups is 2. The van der Waals surface area contributed by atoms with Crippen molar-refractivity contribution in [2.75, 3.05) is 19.5 Å². The highest BCUT2D eigenvalue weighted by Crippen LogP contribution is 2.29. The third-order valence-corrected chi connectivity index (χ3v) is 5.65. The van der Waals surface area contributed by atoms with E-state index >= 15 is 0 Å². The maximum absolute atomic E-state index is 12.7. The number of nitrogens with zero attached hydrogens (tertiary/aromatic N) is 1. The van der Waals surface area contributed by atoms with Crippen molar-refractivity contribution in [3.8, 4) is 17.2 Å². The quantitative estimate of drug-likeness (QED) is 0.254. The fraction of sp³-hybridized carbons (Fsp3) is 0.107. The van der Waals surface area contributed by atoms with Crippen LogP contribution in [0.5, 0.6) is 17.2 Å². The molecule has 0 radical (unpaired) electrons. The predicted octanol–water partition coefficient (Wildman–Crippen LogP) is 4.97. The second-order valence-electron chi connectivity index (χ2n) is 7.93. The first-order valence-electron chi connectivity index (χ1n) is 11.1. The first-order valence-corrected chi connectivity index (χ1v) is 11.1. The molecule has 0 heterocycles. The number of anilines is 1. The van der Waals surface area contributed by atoms with E-state index in [4.69, 9.17) is 9.47 Å². The van der Waals surface area contributed by atoms with Gasteiger partial charge in [0.1, 0.15) is 5.75 Å². The maximum Gasteiger partial charge on any atom is 0.275 e. The molecule has 2 amide bonds. The summed E-state index contributed by atoms with van der Waals surface area (Å²) in [5, 5.41) is 19.0. The van der Waals surface area contributed by atoms with Crippen molar-refractivity contribution < 1.29 is 24.2 Å². The van der Waals surface area contributed by atoms with Gasteiger partial charge < -0.3 is 19.9 Å². The number of carbonyl (C=O) groups excluding carboxylic acids is 2. The molecule has 36 heavy (non-hydrogen) atoms. The van der Waals surface area contributed by atoms with Gasteiger partial charge in [0.2, 0.25) is 0 Å². The molecule has 0 atom stereocenters. The van der Waals surface area contributed by atoms with E-state index in [9.17, 15) is 14.7 Å². The number of aromatic hydroxyl groups is 1. The van der Waals surface area contributed by atoms with Gasteiger partial charge in [-0.25, -0.2) is 5.43 Å². The lowest BCUT2D eigenvalue weighted by Crippen LogP contribution is -2.19. The highest BCUT2D eigenvalue weighted by Gasteiger charge is 2.14. The van der Waals surface area contributed by atoms with Gasteiger partial charge in [0, 0.05) is 16.6 Å². The average molecular weight is 484 g/mol. The second kappa shape index (κ2) is 10.6. The minimum absolute atomic E-state index is 0.0988. The minimum atomic E-state index is -0.532. The Hall–Kier alpha value is -4.85. The zero-order valence-electron chi connectivity index (χ0n) is 20.0. The van der Waals surface area contributed by atoms with Gasteiger partial charge >= 0.3 is 0 Å². The van der Waals surface area contributed by atoms with Crippen molar-refractivity contribution in [2.24, 2.45) is 5.10 Å². The van der Waals surface area contributed by atoms with E-state index in [1.54, 1.807) is 67.6 Å². The van der Waals surface area contributed by atoms with E-state index in [1.807, 2.05) is 18.2 Å². The SMILES string of the molecule is COc1ccc(C(=O)Nc2cccc(/C(C)=N/NC(=O)c3ccc4ccccc4c3O)c2)cc1OC. The summed E-state index contributed by atoms with van der Waals surface area (Å²) in [7, 11) is 3.03. The van der Waals surface area contributed by atoms with Crippen LogP contribution in [0.3, 0.4) is 0 Å². The van der Waals surface area contributed by atoms with E-state index in [2.05, 4.69) is 15.8 Å². The third-order valence-electron chi connectivity index (χ3n) is 5.65. The monoisotopic (exact) mass is 483 g/mol. The molecule has 0 bridgehead atoms. The van der Waals surface area contributed by atoms with Crippen LogP contribution in [0.4, 0.5) is 5.69 Å². The summed E-state index contributed by atoms with van der Waals surface area (Å²) in [5.41, 5.74) is 4.80. The number of hydrogen-bond donors (Lipinski definition) is 3. The van der Waals surface area contributed by atoms with Crippen LogP contribution in [-0.2, 0) is 0 Å². The van der Waals surface area contributed by atoms with Gasteiger partial charge in [0.05, 0.1) is 25.5 Å². The van der Waals surface area contributed by atoms with E-state index < -0.39 is 5.91 Å². The van der Waals surface area contributed by atoms with Gasteiger partial charge in [-0.2, -0.15) is 5.10 Å². The molecule has 0 aliphatic heterocycles. The Kier molecular flexibility index (Phi) is 7.15. The highest BCUT2D eigenvalue weighted by molar-refractivity contribution is 6.07. The summed E-state index contributed by atoms with van der Waals surface area (Å²) in [6.45, 7) is 1.73. The van der Waals surface area contributed by atoms with Crippen molar-refractivity contribution in [1.29, 1.82) is 0 Å². The largest absolute Gasteiger partial charge is 0.506 e. The summed E-state index contributed by atoms with van der Waals surface area (Å²) in [6.07, 6.45) is 0. The Labute approximate surface area is 208 Å². The van der Waals surface area contributed by atoms with Crippen LogP contribution in [0.1, 0.15) is 33.2 Å². The first-order chi connectivity index (χ1) is 17.4. The number of methoxy groups -OCH3 is 2. The van der Waals surface area contributed by atoms with Gasteiger partial charge in [-0.05, 0) is 54.3 Å². The molecule has 0 fully saturated rings. The number of phenolic OH excluding ortho intramolecular Hbond substituents is 1. The van der Waals surface area contributed by atoms with Crippen LogP contribution >= 0.6 is 0 Å². The number of phenols is 1. The number of fused-ring (bicyclic) bond motifs is 1. The zero-order valence-corrected chi connectivity index (χ0v) is 20.0. The predicted molar refractivity (Wildman–Crippen MR) is 139 cm³/mol. The van der Waals surface area contributed by atoms with Crippen molar-refractivity contribution >= 4 is 34.0 Å². The lowest BCUT2D eigenvalue weighted by atomic mass is 10.1. The molecule has 8 nitrogen and oxygen atoms in total. The van der Waals surface area contributed by atoms with E-state index in [-0.39, 0.29) is 17.2 Å². The van der Waals surface area contributed by atoms with Gasteiger partial charge in [0.15, 0.2) is 11.5 Å². The summed E-state index contributed by atoms with van der Waals surface area (Å²) >= 11 is 0. The van der Waals surface area contributed by atoms with Crippen LogP contribution in [-0.4, -0.2) is 36.9 Å². The molecule has 0 aliphatic carbocycles. The molecule has 4 aromatic rings. The van der Waals surface area contributed by atoms with Gasteiger partial charge in [-0.3, -0.25) is 9.59 Å². The topological polar surface area (TPSA) is 109 Å². The van der Waals surface area contributed by atoms with E-state index in [0.717, 1.165) is 5.39 Å². The fourth-order valence-corrected chi connectivity index (χ4v) is 3.70. The number of amides is 2. The lowest BCUT2D eigenvalue weighted by molar-refractivity contribution is 0.0951. The van der Waals surface area contributed by atoms with Crippen LogP contribution in [0.2, 0.25) is 0 Å². The van der Waals surface area contributed by atoms with Crippen LogP contribution in [0, 0.1) is 0 Å². The normalized spacial score (nSPS) is 11.1. The minimum Gasteiger partial charge on any atom is -0.506 e. The standard InChI is InChI=1S/C28H25N3O5/c1-17(30-31-28(34)23-13-11-18-7-4-5-10-22(18)26(23)32)19-8-6-9-21(15-19)29-27(33)20-12-14-24(35-2)25(16-20)36-3/h4-16,32H,1-3H3,(H,29,33)(H,31,34)/b30-17+. The van der Waals surface area contributed by atoms with E-state index in [0.29, 0.717) is 39.4 Å². The molecule has 3 N–H and O–H groups in total. The van der Waals surface area contributed by atoms with Crippen LogP contribution in [0.15, 0.2) is 84.0 Å². The van der Waals surface area contributed by atoms with Crippen LogP contribution < -0.4 is 20.2 Å². The van der Waals surface area contributed by atoms with Gasteiger partial charge in [-0.1, -0.05) is 42.5 Å². The molecule has 0 saturated heterocycles. The third kappa shape index (κ3) is 5.12. The molecular weight excluding hydrogens is 458 g/mol. The number of hydrazone groups is 1. The Balaban J connectivity index is 1.48. The molecule has 8 heteroatoms.